The molecule has 1 heterocycles. The summed E-state index contributed by atoms with van der Waals surface area (Å²) in [5.74, 6) is -0.560. The van der Waals surface area contributed by atoms with Crippen molar-refractivity contribution in [2.24, 2.45) is 5.73 Å². The first-order chi connectivity index (χ1) is 15.6. The lowest BCUT2D eigenvalue weighted by Gasteiger charge is -2.26. The summed E-state index contributed by atoms with van der Waals surface area (Å²) < 4.78 is 5.47. The molecule has 0 aromatic heterocycles. The Balaban J connectivity index is 0.00000306. The summed E-state index contributed by atoms with van der Waals surface area (Å²) in [6.45, 7) is 0.739. The van der Waals surface area contributed by atoms with Gasteiger partial charge >= 0.3 is 5.97 Å². The maximum Gasteiger partial charge on any atom is 0.329 e. The predicted octanol–water partition coefficient (Wildman–Crippen LogP) is 4.38. The van der Waals surface area contributed by atoms with Crippen LogP contribution in [0.5, 0.6) is 0 Å². The molecule has 33 heavy (non-hydrogen) atoms. The van der Waals surface area contributed by atoms with E-state index in [1.54, 1.807) is 4.90 Å². The van der Waals surface area contributed by atoms with Gasteiger partial charge in [0.1, 0.15) is 12.6 Å². The van der Waals surface area contributed by atoms with Crippen LogP contribution in [0.15, 0.2) is 84.9 Å². The molecule has 0 spiro atoms. The third kappa shape index (κ3) is 6.21. The van der Waals surface area contributed by atoms with Crippen LogP contribution in [0.3, 0.4) is 0 Å². The van der Waals surface area contributed by atoms with Gasteiger partial charge in [0.2, 0.25) is 5.91 Å². The molecule has 1 fully saturated rings. The smallest absolute Gasteiger partial charge is 0.329 e. The molecule has 6 heteroatoms. The molecule has 0 saturated carbocycles. The first kappa shape index (κ1) is 24.5. The Hall–Kier alpha value is -3.15. The maximum absolute atomic E-state index is 13.0. The van der Waals surface area contributed by atoms with Crippen molar-refractivity contribution in [1.82, 2.24) is 4.90 Å². The van der Waals surface area contributed by atoms with Gasteiger partial charge in [-0.3, -0.25) is 4.79 Å². The molecule has 0 unspecified atom stereocenters. The van der Waals surface area contributed by atoms with Gasteiger partial charge in [0.25, 0.3) is 0 Å². The molecule has 1 saturated heterocycles. The van der Waals surface area contributed by atoms with Crippen LogP contribution in [0.1, 0.15) is 24.0 Å². The number of amides is 1. The second-order valence-electron chi connectivity index (χ2n) is 8.16. The lowest BCUT2D eigenvalue weighted by molar-refractivity contribution is -0.154. The number of likely N-dealkylation sites (tertiary alicyclic amines) is 1. The molecular weight excluding hydrogens is 436 g/mol. The minimum atomic E-state index is -0.694. The molecule has 4 rings (SSSR count). The number of benzene rings is 3. The Bertz CT molecular complexity index is 1040. The summed E-state index contributed by atoms with van der Waals surface area (Å²) in [4.78, 5) is 27.2. The molecule has 3 aromatic rings. The van der Waals surface area contributed by atoms with Crippen molar-refractivity contribution in [1.29, 1.82) is 0 Å². The van der Waals surface area contributed by atoms with Gasteiger partial charge in [-0.15, -0.1) is 12.4 Å². The van der Waals surface area contributed by atoms with Gasteiger partial charge in [-0.05, 0) is 41.5 Å². The van der Waals surface area contributed by atoms with E-state index in [1.165, 1.54) is 0 Å². The van der Waals surface area contributed by atoms with E-state index in [0.29, 0.717) is 19.4 Å². The van der Waals surface area contributed by atoms with Crippen molar-refractivity contribution in [3.8, 4) is 11.1 Å². The maximum atomic E-state index is 13.0. The summed E-state index contributed by atoms with van der Waals surface area (Å²) in [5, 5.41) is 0. The van der Waals surface area contributed by atoms with Crippen LogP contribution in [-0.2, 0) is 27.4 Å². The van der Waals surface area contributed by atoms with Gasteiger partial charge in [-0.1, -0.05) is 84.9 Å². The summed E-state index contributed by atoms with van der Waals surface area (Å²) in [6, 6.07) is 26.5. The van der Waals surface area contributed by atoms with E-state index in [1.807, 2.05) is 72.8 Å². The Kier molecular flexibility index (Phi) is 8.64. The molecule has 2 atom stereocenters. The zero-order valence-corrected chi connectivity index (χ0v) is 19.2. The molecule has 172 valence electrons. The lowest BCUT2D eigenvalue weighted by atomic mass is 10.0. The molecule has 3 aromatic carbocycles. The second-order valence-corrected chi connectivity index (χ2v) is 8.16. The minimum Gasteiger partial charge on any atom is -0.459 e. The summed E-state index contributed by atoms with van der Waals surface area (Å²) >= 11 is 0. The van der Waals surface area contributed by atoms with Crippen LogP contribution in [-0.4, -0.2) is 35.4 Å². The average Bonchev–Trinajstić information content (AvgIpc) is 3.34. The standard InChI is InChI=1S/C27H28N2O3.ClH/c28-24(18-20-13-15-23(16-14-20)22-10-5-2-6-11-22)26(30)29-17-7-12-25(29)27(31)32-19-21-8-3-1-4-9-21;/h1-6,8-11,13-16,24-25H,7,12,17-19,28H2;1H/t24-,25-;/m0./s1. The van der Waals surface area contributed by atoms with Gasteiger partial charge in [-0.25, -0.2) is 4.79 Å². The Labute approximate surface area is 201 Å². The number of rotatable bonds is 7. The molecular formula is C27H29ClN2O3. The van der Waals surface area contributed by atoms with Crippen LogP contribution < -0.4 is 5.73 Å². The number of hydrogen-bond donors (Lipinski definition) is 1. The summed E-state index contributed by atoms with van der Waals surface area (Å²) in [6.07, 6.45) is 1.81. The average molecular weight is 465 g/mol. The van der Waals surface area contributed by atoms with Gasteiger partial charge < -0.3 is 15.4 Å². The number of halogens is 1. The summed E-state index contributed by atoms with van der Waals surface area (Å²) in [7, 11) is 0. The van der Waals surface area contributed by atoms with Crippen LogP contribution in [0, 0.1) is 0 Å². The number of ether oxygens (including phenoxy) is 1. The van der Waals surface area contributed by atoms with E-state index in [2.05, 4.69) is 12.1 Å². The highest BCUT2D eigenvalue weighted by Crippen LogP contribution is 2.22. The molecule has 0 bridgehead atoms. The predicted molar refractivity (Wildman–Crippen MR) is 132 cm³/mol. The Morgan fingerprint density at radius 1 is 0.879 bits per heavy atom. The van der Waals surface area contributed by atoms with Crippen molar-refractivity contribution in [2.75, 3.05) is 6.54 Å². The fourth-order valence-corrected chi connectivity index (χ4v) is 4.12. The zero-order valence-electron chi connectivity index (χ0n) is 18.4. The Morgan fingerprint density at radius 3 is 2.15 bits per heavy atom. The van der Waals surface area contributed by atoms with Crippen molar-refractivity contribution in [3.63, 3.8) is 0 Å². The first-order valence-corrected chi connectivity index (χ1v) is 11.0. The number of carbonyl (C=O) groups is 2. The lowest BCUT2D eigenvalue weighted by Crippen LogP contribution is -2.49. The number of esters is 1. The van der Waals surface area contributed by atoms with Crippen LogP contribution in [0.4, 0.5) is 0 Å². The molecule has 0 radical (unpaired) electrons. The highest BCUT2D eigenvalue weighted by atomic mass is 35.5. The van der Waals surface area contributed by atoms with Crippen molar-refractivity contribution < 1.29 is 14.3 Å². The van der Waals surface area contributed by atoms with Crippen LogP contribution in [0.25, 0.3) is 11.1 Å². The highest BCUT2D eigenvalue weighted by Gasteiger charge is 2.37. The second kappa shape index (κ2) is 11.6. The van der Waals surface area contributed by atoms with E-state index >= 15 is 0 Å². The van der Waals surface area contributed by atoms with Crippen molar-refractivity contribution in [2.45, 2.75) is 38.0 Å². The van der Waals surface area contributed by atoms with Gasteiger partial charge in [0.05, 0.1) is 6.04 Å². The number of carbonyl (C=O) groups excluding carboxylic acids is 2. The van der Waals surface area contributed by atoms with E-state index < -0.39 is 12.1 Å². The molecule has 1 amide bonds. The van der Waals surface area contributed by atoms with E-state index in [0.717, 1.165) is 28.7 Å². The number of nitrogens with two attached hydrogens (primary N) is 1. The fourth-order valence-electron chi connectivity index (χ4n) is 4.12. The SMILES string of the molecule is Cl.N[C@@H](Cc1ccc(-c2ccccc2)cc1)C(=O)N1CCC[C@H]1C(=O)OCc1ccccc1. The molecule has 0 aliphatic carbocycles. The third-order valence-corrected chi connectivity index (χ3v) is 5.87. The van der Waals surface area contributed by atoms with E-state index in [4.69, 9.17) is 10.5 Å². The number of nitrogens with zero attached hydrogens (tertiary/aromatic N) is 1. The molecule has 5 nitrogen and oxygen atoms in total. The quantitative estimate of drug-likeness (QED) is 0.526. The van der Waals surface area contributed by atoms with Crippen LogP contribution >= 0.6 is 12.4 Å². The van der Waals surface area contributed by atoms with E-state index in [-0.39, 0.29) is 30.9 Å². The Morgan fingerprint density at radius 2 is 1.48 bits per heavy atom. The topological polar surface area (TPSA) is 72.6 Å². The molecule has 1 aliphatic heterocycles. The van der Waals surface area contributed by atoms with Gasteiger partial charge in [-0.2, -0.15) is 0 Å². The van der Waals surface area contributed by atoms with Crippen LogP contribution in [0.2, 0.25) is 0 Å². The molecule has 2 N–H and O–H groups in total. The first-order valence-electron chi connectivity index (χ1n) is 11.0. The highest BCUT2D eigenvalue weighted by molar-refractivity contribution is 5.88. The van der Waals surface area contributed by atoms with Crippen molar-refractivity contribution >= 4 is 24.3 Å². The summed E-state index contributed by atoms with van der Waals surface area (Å²) in [5.41, 5.74) is 10.4. The largest absolute Gasteiger partial charge is 0.459 e. The number of hydrogen-bond acceptors (Lipinski definition) is 4. The minimum absolute atomic E-state index is 0. The zero-order chi connectivity index (χ0) is 22.3. The van der Waals surface area contributed by atoms with Gasteiger partial charge in [0, 0.05) is 6.54 Å². The van der Waals surface area contributed by atoms with Crippen molar-refractivity contribution in [3.05, 3.63) is 96.1 Å². The molecule has 1 aliphatic rings. The monoisotopic (exact) mass is 464 g/mol. The fraction of sp³-hybridized carbons (Fsp3) is 0.259. The van der Waals surface area contributed by atoms with Gasteiger partial charge in [0.15, 0.2) is 0 Å². The normalized spacial score (nSPS) is 16.0. The third-order valence-electron chi connectivity index (χ3n) is 5.87. The van der Waals surface area contributed by atoms with E-state index in [9.17, 15) is 9.59 Å².